The van der Waals surface area contributed by atoms with E-state index >= 15 is 0 Å². The highest BCUT2D eigenvalue weighted by Gasteiger charge is 2.26. The molecule has 1 aromatic carbocycles. The lowest BCUT2D eigenvalue weighted by atomic mass is 9.98. The van der Waals surface area contributed by atoms with Gasteiger partial charge in [-0.2, -0.15) is 5.26 Å². The highest BCUT2D eigenvalue weighted by Crippen LogP contribution is 2.43. The topological polar surface area (TPSA) is 102 Å². The Bertz CT molecular complexity index is 1340. The fourth-order valence-corrected chi connectivity index (χ4v) is 3.91. The summed E-state index contributed by atoms with van der Waals surface area (Å²) in [6.07, 6.45) is 8.28. The molecule has 0 bridgehead atoms. The molecule has 0 spiro atoms. The molecule has 0 fully saturated rings. The number of amides is 1. The number of nitrogens with one attached hydrogen (secondary N) is 1. The Kier molecular flexibility index (Phi) is 6.33. The van der Waals surface area contributed by atoms with Crippen molar-refractivity contribution in [3.8, 4) is 6.07 Å². The first-order chi connectivity index (χ1) is 16.4. The third-order valence-electron chi connectivity index (χ3n) is 5.62. The number of benzene rings is 1. The molecule has 1 aromatic heterocycles. The molecule has 4 rings (SSSR count). The van der Waals surface area contributed by atoms with Crippen LogP contribution in [0.2, 0.25) is 0 Å². The average Bonchev–Trinajstić information content (AvgIpc) is 3.46. The van der Waals surface area contributed by atoms with Crippen LogP contribution in [0.5, 0.6) is 0 Å². The molecule has 0 saturated heterocycles. The number of fused-ring (bicyclic) bond motifs is 1. The van der Waals surface area contributed by atoms with Crippen molar-refractivity contribution in [2.24, 2.45) is 0 Å². The molecule has 34 heavy (non-hydrogen) atoms. The van der Waals surface area contributed by atoms with E-state index < -0.39 is 0 Å². The van der Waals surface area contributed by atoms with Crippen LogP contribution in [0.25, 0.3) is 11.1 Å². The zero-order valence-electron chi connectivity index (χ0n) is 19.0. The number of carbonyl (C=O) groups is 2. The van der Waals surface area contributed by atoms with Crippen LogP contribution < -0.4 is 5.32 Å². The minimum Gasteiger partial charge on any atom is -0.492 e. The molecular formula is C27H22N2O5. The minimum atomic E-state index is -0.327. The Labute approximate surface area is 197 Å². The summed E-state index contributed by atoms with van der Waals surface area (Å²) in [7, 11) is 2.86. The molecule has 2 aliphatic carbocycles. The normalized spacial score (nSPS) is 16.0. The van der Waals surface area contributed by atoms with Gasteiger partial charge in [0.05, 0.1) is 38.7 Å². The first kappa shape index (κ1) is 22.6. The van der Waals surface area contributed by atoms with Crippen molar-refractivity contribution in [3.63, 3.8) is 0 Å². The Morgan fingerprint density at radius 1 is 1.15 bits per heavy atom. The first-order valence-electron chi connectivity index (χ1n) is 10.5. The highest BCUT2D eigenvalue weighted by atomic mass is 16.5. The monoisotopic (exact) mass is 454 g/mol. The number of hydrogen-bond acceptors (Lipinski definition) is 6. The molecule has 0 unspecified atom stereocenters. The third-order valence-corrected chi connectivity index (χ3v) is 5.62. The van der Waals surface area contributed by atoms with Crippen LogP contribution in [0.3, 0.4) is 0 Å². The summed E-state index contributed by atoms with van der Waals surface area (Å²) in [5.41, 5.74) is 5.32. The Morgan fingerprint density at radius 3 is 2.50 bits per heavy atom. The fraction of sp³-hybridized carbons (Fsp3) is 0.148. The zero-order valence-corrected chi connectivity index (χ0v) is 19.0. The molecule has 170 valence electrons. The van der Waals surface area contributed by atoms with Gasteiger partial charge in [-0.1, -0.05) is 6.07 Å². The van der Waals surface area contributed by atoms with E-state index in [1.807, 2.05) is 19.1 Å². The van der Waals surface area contributed by atoms with Gasteiger partial charge in [0.15, 0.2) is 11.5 Å². The molecule has 1 N–H and O–H groups in total. The number of nitrogens with zero attached hydrogens (tertiary/aromatic N) is 1. The number of ether oxygens (including phenoxy) is 2. The number of allylic oxidation sites excluding steroid dienone is 7. The number of methoxy groups -OCH3 is 2. The Hall–Kier alpha value is -4.57. The molecule has 1 amide bonds. The third kappa shape index (κ3) is 4.34. The molecule has 0 radical (unpaired) electrons. The van der Waals surface area contributed by atoms with E-state index in [1.165, 1.54) is 20.3 Å². The van der Waals surface area contributed by atoms with Gasteiger partial charge in [-0.15, -0.1) is 0 Å². The summed E-state index contributed by atoms with van der Waals surface area (Å²) in [6.45, 7) is 2.18. The van der Waals surface area contributed by atoms with E-state index in [2.05, 4.69) is 11.4 Å². The fourth-order valence-electron chi connectivity index (χ4n) is 3.91. The molecule has 1 heterocycles. The second-order valence-corrected chi connectivity index (χ2v) is 7.66. The van der Waals surface area contributed by atoms with Gasteiger partial charge >= 0.3 is 0 Å². The SMILES string of the molecule is COC1=CC(=CC2=C(C)C(=CC(=O)NCc3ccco3)c3cc(C#N)ccc32)C=C(OC)C1=O. The number of Topliss-reactive ketones (excluding diaryl/α,β-unsaturated/α-hetero) is 1. The van der Waals surface area contributed by atoms with Gasteiger partial charge in [-0.05, 0) is 82.8 Å². The lowest BCUT2D eigenvalue weighted by Crippen LogP contribution is -2.20. The number of carbonyl (C=O) groups excluding carboxylic acids is 2. The summed E-state index contributed by atoms with van der Waals surface area (Å²) < 4.78 is 15.7. The maximum Gasteiger partial charge on any atom is 0.261 e. The summed E-state index contributed by atoms with van der Waals surface area (Å²) >= 11 is 0. The van der Waals surface area contributed by atoms with Gasteiger partial charge in [0.1, 0.15) is 5.76 Å². The maximum atomic E-state index is 12.7. The molecule has 7 nitrogen and oxygen atoms in total. The van der Waals surface area contributed by atoms with Crippen LogP contribution in [0.4, 0.5) is 0 Å². The highest BCUT2D eigenvalue weighted by molar-refractivity contribution is 6.10. The predicted octanol–water partition coefficient (Wildman–Crippen LogP) is 4.21. The van der Waals surface area contributed by atoms with Crippen LogP contribution in [-0.2, 0) is 25.6 Å². The van der Waals surface area contributed by atoms with E-state index in [4.69, 9.17) is 13.9 Å². The number of hydrogen-bond donors (Lipinski definition) is 1. The summed E-state index contributed by atoms with van der Waals surface area (Å²) in [4.78, 5) is 25.0. The molecule has 2 aliphatic rings. The summed E-state index contributed by atoms with van der Waals surface area (Å²) in [5, 5.41) is 12.2. The van der Waals surface area contributed by atoms with Crippen LogP contribution in [-0.4, -0.2) is 25.9 Å². The second kappa shape index (κ2) is 9.51. The van der Waals surface area contributed by atoms with Gasteiger partial charge in [0.2, 0.25) is 5.91 Å². The summed E-state index contributed by atoms with van der Waals surface area (Å²) in [5.74, 6) is 0.396. The predicted molar refractivity (Wildman–Crippen MR) is 126 cm³/mol. The van der Waals surface area contributed by atoms with Crippen molar-refractivity contribution in [1.82, 2.24) is 5.32 Å². The van der Waals surface area contributed by atoms with Crippen molar-refractivity contribution in [3.05, 3.63) is 106 Å². The number of rotatable bonds is 6. The second-order valence-electron chi connectivity index (χ2n) is 7.66. The lowest BCUT2D eigenvalue weighted by molar-refractivity contribution is -0.118. The lowest BCUT2D eigenvalue weighted by Gasteiger charge is -2.14. The van der Waals surface area contributed by atoms with Gasteiger partial charge in [0.25, 0.3) is 5.78 Å². The maximum absolute atomic E-state index is 12.7. The van der Waals surface area contributed by atoms with E-state index in [9.17, 15) is 14.9 Å². The molecule has 2 aromatic rings. The van der Waals surface area contributed by atoms with Crippen LogP contribution in [0.1, 0.15) is 29.4 Å². The molecule has 0 saturated carbocycles. The quantitative estimate of drug-likeness (QED) is 0.656. The van der Waals surface area contributed by atoms with E-state index in [0.717, 1.165) is 27.8 Å². The van der Waals surface area contributed by atoms with Crippen molar-refractivity contribution >= 4 is 22.8 Å². The van der Waals surface area contributed by atoms with Crippen molar-refractivity contribution in [2.75, 3.05) is 14.2 Å². The molecule has 0 atom stereocenters. The van der Waals surface area contributed by atoms with Gasteiger partial charge < -0.3 is 19.2 Å². The Morgan fingerprint density at radius 2 is 1.88 bits per heavy atom. The van der Waals surface area contributed by atoms with E-state index in [0.29, 0.717) is 16.9 Å². The van der Waals surface area contributed by atoms with Crippen LogP contribution >= 0.6 is 0 Å². The zero-order chi connectivity index (χ0) is 24.2. The minimum absolute atomic E-state index is 0.176. The molecule has 0 aliphatic heterocycles. The smallest absolute Gasteiger partial charge is 0.261 e. The molecule has 7 heteroatoms. The molecular weight excluding hydrogens is 432 g/mol. The Balaban J connectivity index is 1.76. The van der Waals surface area contributed by atoms with Crippen LogP contribution in [0, 0.1) is 11.3 Å². The number of furan rings is 1. The van der Waals surface area contributed by atoms with E-state index in [1.54, 1.807) is 42.7 Å². The van der Waals surface area contributed by atoms with Gasteiger partial charge in [0, 0.05) is 6.08 Å². The average molecular weight is 454 g/mol. The standard InChI is InChI=1S/C27H22N2O5/c1-16-21(10-18-11-24(32-2)27(31)25(12-18)33-3)20-7-6-17(14-28)9-23(20)22(16)13-26(30)29-15-19-5-4-8-34-19/h4-13H,15H2,1-3H3,(H,29,30). The number of nitriles is 1. The first-order valence-corrected chi connectivity index (χ1v) is 10.5. The van der Waals surface area contributed by atoms with Crippen molar-refractivity contribution < 1.29 is 23.5 Å². The van der Waals surface area contributed by atoms with E-state index in [-0.39, 0.29) is 29.8 Å². The van der Waals surface area contributed by atoms with Crippen molar-refractivity contribution in [1.29, 1.82) is 5.26 Å². The summed E-state index contributed by atoms with van der Waals surface area (Å²) in [6, 6.07) is 11.1. The van der Waals surface area contributed by atoms with Crippen molar-refractivity contribution in [2.45, 2.75) is 13.5 Å². The van der Waals surface area contributed by atoms with Gasteiger partial charge in [-0.3, -0.25) is 9.59 Å². The number of ketones is 1. The largest absolute Gasteiger partial charge is 0.492 e. The van der Waals surface area contributed by atoms with Crippen LogP contribution in [0.15, 0.2) is 88.0 Å². The van der Waals surface area contributed by atoms with Gasteiger partial charge in [-0.25, -0.2) is 0 Å².